The summed E-state index contributed by atoms with van der Waals surface area (Å²) >= 11 is 0. The Balaban J connectivity index is 4.61. The molecule has 0 saturated heterocycles. The highest BCUT2D eigenvalue weighted by Gasteiger charge is 2.32. The second kappa shape index (κ2) is 33.6. The summed E-state index contributed by atoms with van der Waals surface area (Å²) in [5.41, 5.74) is -0.0435. The predicted molar refractivity (Wildman–Crippen MR) is 227 cm³/mol. The molecule has 0 spiro atoms. The van der Waals surface area contributed by atoms with Crippen LogP contribution < -0.4 is 0 Å². The molecular weight excluding hydrogens is 675 g/mol. The van der Waals surface area contributed by atoms with Crippen molar-refractivity contribution in [2.24, 2.45) is 10.8 Å². The number of allylic oxidation sites excluding steroid dienone is 6. The lowest BCUT2D eigenvalue weighted by Crippen LogP contribution is -2.34. The van der Waals surface area contributed by atoms with Crippen molar-refractivity contribution < 1.29 is 28.6 Å². The third-order valence-corrected chi connectivity index (χ3v) is 9.24. The fourth-order valence-corrected chi connectivity index (χ4v) is 7.17. The van der Waals surface area contributed by atoms with E-state index in [9.17, 15) is 14.4 Å². The van der Waals surface area contributed by atoms with Gasteiger partial charge in [-0.15, -0.1) is 0 Å². The van der Waals surface area contributed by atoms with Crippen LogP contribution in [0.1, 0.15) is 183 Å². The van der Waals surface area contributed by atoms with Gasteiger partial charge in [0.05, 0.1) is 6.42 Å². The van der Waals surface area contributed by atoms with Gasteiger partial charge in [-0.25, -0.2) is 0 Å². The van der Waals surface area contributed by atoms with Crippen molar-refractivity contribution in [3.63, 3.8) is 0 Å². The van der Waals surface area contributed by atoms with Crippen molar-refractivity contribution in [3.05, 3.63) is 48.6 Å². The van der Waals surface area contributed by atoms with Crippen LogP contribution in [0.4, 0.5) is 0 Å². The Bertz CT molecular complexity index is 1010. The Morgan fingerprint density at radius 2 is 0.981 bits per heavy atom. The number of unbranched alkanes of at least 4 members (excludes halogenated alkanes) is 10. The first kappa shape index (κ1) is 51.3. The largest absolute Gasteiger partial charge is 0.462 e. The molecule has 0 aliphatic carbocycles. The van der Waals surface area contributed by atoms with Crippen LogP contribution in [0, 0.1) is 10.8 Å². The maximum atomic E-state index is 13.2. The molecule has 7 nitrogen and oxygen atoms in total. The summed E-state index contributed by atoms with van der Waals surface area (Å²) in [5, 5.41) is 0. The van der Waals surface area contributed by atoms with Crippen molar-refractivity contribution in [2.75, 3.05) is 33.9 Å². The molecule has 0 N–H and O–H groups in total. The third kappa shape index (κ3) is 35.1. The minimum absolute atomic E-state index is 0.0709. The van der Waals surface area contributed by atoms with E-state index in [0.717, 1.165) is 129 Å². The quantitative estimate of drug-likeness (QED) is 0.0275. The summed E-state index contributed by atoms with van der Waals surface area (Å²) in [7, 11) is 4.19. The van der Waals surface area contributed by atoms with E-state index in [0.29, 0.717) is 32.5 Å². The molecule has 7 heteroatoms. The van der Waals surface area contributed by atoms with Crippen LogP contribution in [-0.4, -0.2) is 62.8 Å². The molecule has 54 heavy (non-hydrogen) atoms. The maximum Gasteiger partial charge on any atom is 0.306 e. The summed E-state index contributed by atoms with van der Waals surface area (Å²) in [6, 6.07) is 0. The molecule has 0 heterocycles. The Labute approximate surface area is 332 Å². The first-order chi connectivity index (χ1) is 25.8. The number of ether oxygens (including phenoxy) is 3. The molecule has 0 radical (unpaired) electrons. The third-order valence-electron chi connectivity index (χ3n) is 9.24. The molecule has 0 atom stereocenters. The number of hydrogen-bond donors (Lipinski definition) is 0. The van der Waals surface area contributed by atoms with Gasteiger partial charge in [0.1, 0.15) is 19.3 Å². The van der Waals surface area contributed by atoms with E-state index in [4.69, 9.17) is 14.2 Å². The van der Waals surface area contributed by atoms with Crippen LogP contribution in [0.25, 0.3) is 0 Å². The van der Waals surface area contributed by atoms with E-state index in [1.165, 1.54) is 0 Å². The zero-order valence-electron chi connectivity index (χ0n) is 36.3. The van der Waals surface area contributed by atoms with Crippen LogP contribution in [0.15, 0.2) is 48.6 Å². The Kier molecular flexibility index (Phi) is 32.0. The lowest BCUT2D eigenvalue weighted by molar-refractivity contribution is -0.152. The second-order valence-electron chi connectivity index (χ2n) is 16.9. The van der Waals surface area contributed by atoms with Gasteiger partial charge in [-0.1, -0.05) is 142 Å². The van der Waals surface area contributed by atoms with Gasteiger partial charge >= 0.3 is 17.9 Å². The monoisotopic (exact) mass is 758 g/mol. The van der Waals surface area contributed by atoms with Gasteiger partial charge < -0.3 is 19.1 Å². The zero-order chi connectivity index (χ0) is 40.3. The van der Waals surface area contributed by atoms with Crippen molar-refractivity contribution >= 4 is 17.9 Å². The van der Waals surface area contributed by atoms with E-state index >= 15 is 0 Å². The lowest BCUT2D eigenvalue weighted by atomic mass is 9.73. The fourth-order valence-electron chi connectivity index (χ4n) is 7.17. The number of hydrogen-bond acceptors (Lipinski definition) is 7. The standard InChI is InChI=1S/C47H83NO6/c1-9-11-13-15-17-25-31-37-52-43(49)35-29-23-19-21-27-33-42(54-45(51)39-46(3,4)40-47(5,6)41-48(7)8)34-28-22-20-24-30-36-44(50)53-38-32-26-18-16-14-12-10-2/h13-16,25-26,31-32,42H,9-12,17-24,27-30,33-41H2,1-8H3/b15-13-,16-14-,31-25-,32-26-. The minimum Gasteiger partial charge on any atom is -0.462 e. The number of carbonyl (C=O) groups is 3. The number of esters is 3. The molecule has 0 amide bonds. The van der Waals surface area contributed by atoms with Gasteiger partial charge in [-0.05, 0) is 95.6 Å². The molecule has 0 aromatic rings. The topological polar surface area (TPSA) is 82.1 Å². The molecule has 312 valence electrons. The summed E-state index contributed by atoms with van der Waals surface area (Å²) in [5.74, 6) is -0.348. The highest BCUT2D eigenvalue weighted by atomic mass is 16.5. The Morgan fingerprint density at radius 1 is 0.556 bits per heavy atom. The highest BCUT2D eigenvalue weighted by Crippen LogP contribution is 2.37. The van der Waals surface area contributed by atoms with Gasteiger partial charge in [-0.3, -0.25) is 14.4 Å². The van der Waals surface area contributed by atoms with Crippen LogP contribution >= 0.6 is 0 Å². The summed E-state index contributed by atoms with van der Waals surface area (Å²) < 4.78 is 16.8. The molecule has 0 rings (SSSR count). The van der Waals surface area contributed by atoms with Crippen LogP contribution in [0.2, 0.25) is 0 Å². The van der Waals surface area contributed by atoms with Gasteiger partial charge in [0.15, 0.2) is 0 Å². The number of nitrogens with zero attached hydrogens (tertiary/aromatic N) is 1. The van der Waals surface area contributed by atoms with E-state index in [-0.39, 0.29) is 34.8 Å². The first-order valence-electron chi connectivity index (χ1n) is 21.6. The number of carbonyl (C=O) groups excluding carboxylic acids is 3. The minimum atomic E-state index is -0.146. The second-order valence-corrected chi connectivity index (χ2v) is 16.9. The highest BCUT2D eigenvalue weighted by molar-refractivity contribution is 5.70. The lowest BCUT2D eigenvalue weighted by Gasteiger charge is -2.36. The Hall–Kier alpha value is -2.67. The zero-order valence-corrected chi connectivity index (χ0v) is 36.3. The van der Waals surface area contributed by atoms with Crippen LogP contribution in [0.5, 0.6) is 0 Å². The molecule has 0 aromatic carbocycles. The Morgan fingerprint density at radius 3 is 1.43 bits per heavy atom. The molecule has 0 bridgehead atoms. The molecule has 0 saturated carbocycles. The van der Waals surface area contributed by atoms with Crippen molar-refractivity contribution in [1.82, 2.24) is 4.90 Å². The molecule has 0 fully saturated rings. The molecule has 0 aromatic heterocycles. The van der Waals surface area contributed by atoms with Gasteiger partial charge in [0.2, 0.25) is 0 Å². The van der Waals surface area contributed by atoms with Crippen LogP contribution in [-0.2, 0) is 28.6 Å². The normalized spacial score (nSPS) is 12.7. The maximum absolute atomic E-state index is 13.2. The molecule has 0 aliphatic heterocycles. The smallest absolute Gasteiger partial charge is 0.306 e. The molecule has 0 aliphatic rings. The van der Waals surface area contributed by atoms with E-state index < -0.39 is 0 Å². The summed E-state index contributed by atoms with van der Waals surface area (Å²) in [4.78, 5) is 39.6. The predicted octanol–water partition coefficient (Wildman–Crippen LogP) is 12.4. The molecular formula is C47H83NO6. The van der Waals surface area contributed by atoms with Gasteiger partial charge in [0.25, 0.3) is 0 Å². The van der Waals surface area contributed by atoms with E-state index in [1.807, 2.05) is 24.3 Å². The summed E-state index contributed by atoms with van der Waals surface area (Å²) in [6.07, 6.45) is 36.7. The van der Waals surface area contributed by atoms with E-state index in [2.05, 4.69) is 84.8 Å². The van der Waals surface area contributed by atoms with Gasteiger partial charge in [-0.2, -0.15) is 0 Å². The first-order valence-corrected chi connectivity index (χ1v) is 21.6. The van der Waals surface area contributed by atoms with Crippen molar-refractivity contribution in [1.29, 1.82) is 0 Å². The fraction of sp³-hybridized carbons (Fsp3) is 0.766. The van der Waals surface area contributed by atoms with Crippen molar-refractivity contribution in [2.45, 2.75) is 189 Å². The van der Waals surface area contributed by atoms with E-state index in [1.54, 1.807) is 0 Å². The number of rotatable bonds is 35. The average Bonchev–Trinajstić information content (AvgIpc) is 3.08. The molecule has 0 unspecified atom stereocenters. The van der Waals surface area contributed by atoms with Crippen molar-refractivity contribution in [3.8, 4) is 0 Å². The van der Waals surface area contributed by atoms with Gasteiger partial charge in [0, 0.05) is 19.4 Å². The SMILES string of the molecule is CCC/C=C\C/C=C\COC(=O)CCCCCCCC(CCCCCCCC(=O)OC/C=C\C/C=C\CCC)OC(=O)CC(C)(C)CC(C)(C)CN(C)C. The van der Waals surface area contributed by atoms with Crippen LogP contribution in [0.3, 0.4) is 0 Å². The average molecular weight is 758 g/mol. The summed E-state index contributed by atoms with van der Waals surface area (Å²) in [6.45, 7) is 14.9.